The summed E-state index contributed by atoms with van der Waals surface area (Å²) in [5, 5.41) is 14.9. The Morgan fingerprint density at radius 3 is 2.00 bits per heavy atom. The highest BCUT2D eigenvalue weighted by Gasteiger charge is 2.32. The molecule has 0 saturated heterocycles. The van der Waals surface area contributed by atoms with Gasteiger partial charge in [0.15, 0.2) is 0 Å². The van der Waals surface area contributed by atoms with Crippen LogP contribution in [0.4, 0.5) is 4.79 Å². The molecule has 7 heteroatoms. The Bertz CT molecular complexity index is 990. The van der Waals surface area contributed by atoms with Gasteiger partial charge < -0.3 is 20.5 Å². The Hall–Kier alpha value is -3.35. The van der Waals surface area contributed by atoms with Crippen LogP contribution < -0.4 is 10.6 Å². The van der Waals surface area contributed by atoms with Crippen LogP contribution in [0, 0.1) is 11.8 Å². The third-order valence-corrected chi connectivity index (χ3v) is 6.44. The van der Waals surface area contributed by atoms with Gasteiger partial charge in [0.05, 0.1) is 5.92 Å². The van der Waals surface area contributed by atoms with Crippen LogP contribution in [0.25, 0.3) is 11.1 Å². The maximum absolute atomic E-state index is 12.8. The average Bonchev–Trinajstić information content (AvgIpc) is 3.10. The van der Waals surface area contributed by atoms with Gasteiger partial charge >= 0.3 is 12.1 Å². The lowest BCUT2D eigenvalue weighted by atomic mass is 9.89. The van der Waals surface area contributed by atoms with Gasteiger partial charge in [-0.2, -0.15) is 0 Å². The summed E-state index contributed by atoms with van der Waals surface area (Å²) in [4.78, 5) is 37.1. The van der Waals surface area contributed by atoms with E-state index in [4.69, 9.17) is 4.74 Å². The van der Waals surface area contributed by atoms with Crippen LogP contribution in [0.2, 0.25) is 0 Å². The molecule has 1 aliphatic carbocycles. The van der Waals surface area contributed by atoms with Crippen molar-refractivity contribution < 1.29 is 24.2 Å². The van der Waals surface area contributed by atoms with Gasteiger partial charge in [-0.1, -0.05) is 75.7 Å². The zero-order chi connectivity index (χ0) is 24.8. The van der Waals surface area contributed by atoms with E-state index in [0.717, 1.165) is 22.3 Å². The van der Waals surface area contributed by atoms with E-state index >= 15 is 0 Å². The molecule has 2 unspecified atom stereocenters. The quantitative estimate of drug-likeness (QED) is 0.476. The zero-order valence-electron chi connectivity index (χ0n) is 20.2. The maximum atomic E-state index is 12.8. The van der Waals surface area contributed by atoms with Gasteiger partial charge in [0.25, 0.3) is 0 Å². The summed E-state index contributed by atoms with van der Waals surface area (Å²) in [6.07, 6.45) is 0.423. The lowest BCUT2D eigenvalue weighted by molar-refractivity contribution is -0.144. The van der Waals surface area contributed by atoms with Crippen molar-refractivity contribution in [2.75, 3.05) is 6.61 Å². The number of alkyl carbamates (subject to hydrolysis) is 1. The van der Waals surface area contributed by atoms with Crippen molar-refractivity contribution in [1.29, 1.82) is 0 Å². The second-order valence-corrected chi connectivity index (χ2v) is 9.22. The summed E-state index contributed by atoms with van der Waals surface area (Å²) in [6.45, 7) is 7.36. The van der Waals surface area contributed by atoms with Crippen molar-refractivity contribution in [2.45, 2.75) is 58.5 Å². The van der Waals surface area contributed by atoms with E-state index in [9.17, 15) is 19.5 Å². The number of carboxylic acid groups (broad SMARTS) is 1. The molecule has 0 spiro atoms. The number of carbonyl (C=O) groups excluding carboxylic acids is 2. The predicted molar refractivity (Wildman–Crippen MR) is 130 cm³/mol. The highest BCUT2D eigenvalue weighted by Crippen LogP contribution is 2.44. The third-order valence-electron chi connectivity index (χ3n) is 6.44. The van der Waals surface area contributed by atoms with Crippen LogP contribution >= 0.6 is 0 Å². The minimum absolute atomic E-state index is 0.0704. The fourth-order valence-corrected chi connectivity index (χ4v) is 4.83. The molecule has 0 aliphatic heterocycles. The van der Waals surface area contributed by atoms with Gasteiger partial charge in [0.1, 0.15) is 12.6 Å². The molecule has 3 rings (SSSR count). The molecule has 0 heterocycles. The van der Waals surface area contributed by atoms with E-state index in [1.165, 1.54) is 0 Å². The smallest absolute Gasteiger partial charge is 0.407 e. The van der Waals surface area contributed by atoms with Crippen LogP contribution in [0.5, 0.6) is 0 Å². The number of hydrogen-bond acceptors (Lipinski definition) is 4. The highest BCUT2D eigenvalue weighted by atomic mass is 16.5. The van der Waals surface area contributed by atoms with Crippen molar-refractivity contribution in [3.8, 4) is 11.1 Å². The summed E-state index contributed by atoms with van der Waals surface area (Å²) in [5.41, 5.74) is 4.51. The molecule has 2 aromatic rings. The Morgan fingerprint density at radius 2 is 1.50 bits per heavy atom. The maximum Gasteiger partial charge on any atom is 0.407 e. The van der Waals surface area contributed by atoms with E-state index in [1.54, 1.807) is 20.8 Å². The number of rotatable bonds is 10. The van der Waals surface area contributed by atoms with Gasteiger partial charge in [0.2, 0.25) is 5.91 Å². The minimum atomic E-state index is -0.959. The number of amides is 2. The normalized spacial score (nSPS) is 15.1. The molecule has 0 bridgehead atoms. The number of fused-ring (bicyclic) bond motifs is 3. The SMILES string of the molecule is CCC[C@@H](NC(=O)OCC1c2ccccc2-c2ccccc21)C(=O)NC(C)C(C(=O)O)C(C)C. The summed E-state index contributed by atoms with van der Waals surface area (Å²) in [5.74, 6) is -2.30. The lowest BCUT2D eigenvalue weighted by Gasteiger charge is -2.27. The molecule has 7 nitrogen and oxygen atoms in total. The molecule has 0 fully saturated rings. The summed E-state index contributed by atoms with van der Waals surface area (Å²) in [6, 6.07) is 14.8. The van der Waals surface area contributed by atoms with Gasteiger partial charge in [-0.15, -0.1) is 0 Å². The summed E-state index contributed by atoms with van der Waals surface area (Å²) in [7, 11) is 0. The molecule has 182 valence electrons. The van der Waals surface area contributed by atoms with Crippen LogP contribution in [0.15, 0.2) is 48.5 Å². The first-order valence-corrected chi connectivity index (χ1v) is 11.9. The Kier molecular flexibility index (Phi) is 8.31. The van der Waals surface area contributed by atoms with Gasteiger partial charge in [0, 0.05) is 12.0 Å². The first-order chi connectivity index (χ1) is 16.2. The van der Waals surface area contributed by atoms with Crippen LogP contribution in [-0.2, 0) is 14.3 Å². The molecular formula is C27H34N2O5. The molecule has 2 aromatic carbocycles. The number of benzene rings is 2. The zero-order valence-corrected chi connectivity index (χ0v) is 20.2. The average molecular weight is 467 g/mol. The van der Waals surface area contributed by atoms with Crippen LogP contribution in [0.1, 0.15) is 57.6 Å². The molecule has 2 amide bonds. The standard InChI is InChI=1S/C27H34N2O5/c1-5-10-23(25(30)28-17(4)24(16(2)3)26(31)32)29-27(33)34-15-22-20-13-8-6-11-18(20)19-12-7-9-14-21(19)22/h6-9,11-14,16-17,22-24H,5,10,15H2,1-4H3,(H,28,30)(H,29,33)(H,31,32)/t17?,23-,24?/m1/s1. The largest absolute Gasteiger partial charge is 0.481 e. The molecule has 3 N–H and O–H groups in total. The van der Waals surface area contributed by atoms with Gasteiger partial charge in [-0.25, -0.2) is 4.79 Å². The first-order valence-electron chi connectivity index (χ1n) is 11.9. The van der Waals surface area contributed by atoms with Crippen molar-refractivity contribution in [2.24, 2.45) is 11.8 Å². The van der Waals surface area contributed by atoms with Crippen molar-refractivity contribution >= 4 is 18.0 Å². The number of carbonyl (C=O) groups is 3. The second kappa shape index (κ2) is 11.2. The monoisotopic (exact) mass is 466 g/mol. The van der Waals surface area contributed by atoms with Crippen molar-refractivity contribution in [1.82, 2.24) is 10.6 Å². The first kappa shape index (κ1) is 25.3. The fraction of sp³-hybridized carbons (Fsp3) is 0.444. The second-order valence-electron chi connectivity index (χ2n) is 9.22. The Morgan fingerprint density at radius 1 is 0.941 bits per heavy atom. The number of nitrogens with one attached hydrogen (secondary N) is 2. The van der Waals surface area contributed by atoms with E-state index in [0.29, 0.717) is 12.8 Å². The van der Waals surface area contributed by atoms with E-state index < -0.39 is 36.0 Å². The van der Waals surface area contributed by atoms with E-state index in [-0.39, 0.29) is 18.4 Å². The van der Waals surface area contributed by atoms with Gasteiger partial charge in [-0.05, 0) is 41.5 Å². The number of aliphatic carboxylic acids is 1. The van der Waals surface area contributed by atoms with E-state index in [1.807, 2.05) is 43.3 Å². The molecule has 0 saturated carbocycles. The highest BCUT2D eigenvalue weighted by molar-refractivity contribution is 5.86. The Balaban J connectivity index is 1.63. The number of ether oxygens (including phenoxy) is 1. The topological polar surface area (TPSA) is 105 Å². The van der Waals surface area contributed by atoms with Crippen LogP contribution in [-0.4, -0.2) is 41.8 Å². The molecule has 1 aliphatic rings. The number of carboxylic acids is 1. The Labute approximate surface area is 200 Å². The van der Waals surface area contributed by atoms with E-state index in [2.05, 4.69) is 22.8 Å². The molecular weight excluding hydrogens is 432 g/mol. The fourth-order valence-electron chi connectivity index (χ4n) is 4.83. The lowest BCUT2D eigenvalue weighted by Crippen LogP contribution is -2.52. The predicted octanol–water partition coefficient (Wildman–Crippen LogP) is 4.56. The minimum Gasteiger partial charge on any atom is -0.481 e. The molecule has 3 atom stereocenters. The molecule has 0 aromatic heterocycles. The summed E-state index contributed by atoms with van der Waals surface area (Å²) >= 11 is 0. The summed E-state index contributed by atoms with van der Waals surface area (Å²) < 4.78 is 5.57. The van der Waals surface area contributed by atoms with Crippen LogP contribution in [0.3, 0.4) is 0 Å². The molecule has 0 radical (unpaired) electrons. The molecule has 34 heavy (non-hydrogen) atoms. The third kappa shape index (κ3) is 5.58. The van der Waals surface area contributed by atoms with Gasteiger partial charge in [-0.3, -0.25) is 9.59 Å². The van der Waals surface area contributed by atoms with Crippen molar-refractivity contribution in [3.05, 3.63) is 59.7 Å². The number of hydrogen-bond donors (Lipinski definition) is 3. The van der Waals surface area contributed by atoms with Crippen molar-refractivity contribution in [3.63, 3.8) is 0 Å².